The van der Waals surface area contributed by atoms with Gasteiger partial charge in [0.05, 0.1) is 5.56 Å². The third-order valence-electron chi connectivity index (χ3n) is 2.15. The van der Waals surface area contributed by atoms with Crippen molar-refractivity contribution < 1.29 is 22.4 Å². The first-order valence-corrected chi connectivity index (χ1v) is 4.63. The van der Waals surface area contributed by atoms with Crippen LogP contribution in [-0.4, -0.2) is 5.91 Å². The molecule has 0 heterocycles. The number of amides is 1. The standard InChI is InChI=1S/C10H10F4N2O/c11-6-3-1-2-5(10(12,13)14)9(6)7(15)4-8(16)17/h1-3,7H,4,15H2,(H2,16,17). The van der Waals surface area contributed by atoms with E-state index in [0.29, 0.717) is 6.07 Å². The molecule has 1 rings (SSSR count). The molecule has 3 nitrogen and oxygen atoms in total. The van der Waals surface area contributed by atoms with Gasteiger partial charge in [-0.25, -0.2) is 4.39 Å². The molecule has 1 unspecified atom stereocenters. The van der Waals surface area contributed by atoms with E-state index in [1.165, 1.54) is 0 Å². The fraction of sp³-hybridized carbons (Fsp3) is 0.300. The number of carbonyl (C=O) groups excluding carboxylic acids is 1. The third kappa shape index (κ3) is 3.16. The molecule has 1 aromatic carbocycles. The number of halogens is 4. The number of hydrogen-bond acceptors (Lipinski definition) is 2. The molecule has 0 saturated carbocycles. The van der Waals surface area contributed by atoms with Crippen molar-refractivity contribution in [3.05, 3.63) is 35.1 Å². The summed E-state index contributed by atoms with van der Waals surface area (Å²) in [7, 11) is 0. The predicted molar refractivity (Wildman–Crippen MR) is 52.1 cm³/mol. The van der Waals surface area contributed by atoms with Crippen LogP contribution in [0.5, 0.6) is 0 Å². The van der Waals surface area contributed by atoms with Gasteiger partial charge in [0.2, 0.25) is 5.91 Å². The molecular formula is C10H10F4N2O. The zero-order valence-electron chi connectivity index (χ0n) is 8.59. The molecule has 17 heavy (non-hydrogen) atoms. The summed E-state index contributed by atoms with van der Waals surface area (Å²) in [6, 6.07) is 1.08. The molecule has 0 radical (unpaired) electrons. The zero-order valence-corrected chi connectivity index (χ0v) is 8.59. The van der Waals surface area contributed by atoms with Gasteiger partial charge in [0.25, 0.3) is 0 Å². The van der Waals surface area contributed by atoms with Crippen molar-refractivity contribution in [1.82, 2.24) is 0 Å². The van der Waals surface area contributed by atoms with Gasteiger partial charge >= 0.3 is 6.18 Å². The van der Waals surface area contributed by atoms with Gasteiger partial charge < -0.3 is 11.5 Å². The number of rotatable bonds is 3. The number of nitrogens with two attached hydrogens (primary N) is 2. The molecule has 94 valence electrons. The number of alkyl halides is 3. The van der Waals surface area contributed by atoms with Crippen molar-refractivity contribution in [3.63, 3.8) is 0 Å². The minimum Gasteiger partial charge on any atom is -0.370 e. The van der Waals surface area contributed by atoms with Gasteiger partial charge in [0.1, 0.15) is 5.82 Å². The summed E-state index contributed by atoms with van der Waals surface area (Å²) in [5, 5.41) is 0. The lowest BCUT2D eigenvalue weighted by molar-refractivity contribution is -0.138. The minimum absolute atomic E-state index is 0.552. The monoisotopic (exact) mass is 250 g/mol. The molecule has 0 aromatic heterocycles. The average Bonchev–Trinajstić information content (AvgIpc) is 2.14. The largest absolute Gasteiger partial charge is 0.416 e. The van der Waals surface area contributed by atoms with E-state index in [-0.39, 0.29) is 0 Å². The normalized spacial score (nSPS) is 13.5. The van der Waals surface area contributed by atoms with Crippen LogP contribution < -0.4 is 11.5 Å². The van der Waals surface area contributed by atoms with Crippen LogP contribution in [0.2, 0.25) is 0 Å². The SMILES string of the molecule is NC(=O)CC(N)c1c(F)cccc1C(F)(F)F. The maximum absolute atomic E-state index is 13.3. The van der Waals surface area contributed by atoms with E-state index in [2.05, 4.69) is 0 Å². The van der Waals surface area contributed by atoms with Crippen molar-refractivity contribution in [3.8, 4) is 0 Å². The van der Waals surface area contributed by atoms with Gasteiger partial charge in [-0.3, -0.25) is 4.79 Å². The molecule has 1 amide bonds. The first-order valence-electron chi connectivity index (χ1n) is 4.63. The topological polar surface area (TPSA) is 69.1 Å². The van der Waals surface area contributed by atoms with E-state index in [4.69, 9.17) is 11.5 Å². The third-order valence-corrected chi connectivity index (χ3v) is 2.15. The number of primary amides is 1. The highest BCUT2D eigenvalue weighted by Gasteiger charge is 2.36. The molecule has 0 bridgehead atoms. The van der Waals surface area contributed by atoms with Crippen LogP contribution in [0.1, 0.15) is 23.6 Å². The van der Waals surface area contributed by atoms with Crippen molar-refractivity contribution >= 4 is 5.91 Å². The Balaban J connectivity index is 3.25. The number of hydrogen-bond donors (Lipinski definition) is 2. The van der Waals surface area contributed by atoms with Crippen LogP contribution in [0.25, 0.3) is 0 Å². The Labute approximate surface area is 94.4 Å². The van der Waals surface area contributed by atoms with E-state index in [0.717, 1.165) is 12.1 Å². The summed E-state index contributed by atoms with van der Waals surface area (Å²) < 4.78 is 51.1. The number of benzene rings is 1. The van der Waals surface area contributed by atoms with Crippen LogP contribution in [0.15, 0.2) is 18.2 Å². The molecule has 0 aliphatic rings. The van der Waals surface area contributed by atoms with E-state index in [1.54, 1.807) is 0 Å². The van der Waals surface area contributed by atoms with Crippen LogP contribution in [-0.2, 0) is 11.0 Å². The summed E-state index contributed by atoms with van der Waals surface area (Å²) in [6.45, 7) is 0. The van der Waals surface area contributed by atoms with Crippen molar-refractivity contribution in [1.29, 1.82) is 0 Å². The Morgan fingerprint density at radius 1 is 1.35 bits per heavy atom. The lowest BCUT2D eigenvalue weighted by Crippen LogP contribution is -2.24. The zero-order chi connectivity index (χ0) is 13.2. The molecule has 4 N–H and O–H groups in total. The maximum Gasteiger partial charge on any atom is 0.416 e. The highest BCUT2D eigenvalue weighted by molar-refractivity contribution is 5.74. The summed E-state index contributed by atoms with van der Waals surface area (Å²) >= 11 is 0. The average molecular weight is 250 g/mol. The van der Waals surface area contributed by atoms with Crippen molar-refractivity contribution in [2.45, 2.75) is 18.6 Å². The quantitative estimate of drug-likeness (QED) is 0.802. The summed E-state index contributed by atoms with van der Waals surface area (Å²) in [4.78, 5) is 10.6. The summed E-state index contributed by atoms with van der Waals surface area (Å²) in [5.41, 5.74) is 8.24. The van der Waals surface area contributed by atoms with Crippen molar-refractivity contribution in [2.24, 2.45) is 11.5 Å². The lowest BCUT2D eigenvalue weighted by Gasteiger charge is -2.17. The van der Waals surface area contributed by atoms with Crippen LogP contribution >= 0.6 is 0 Å². The van der Waals surface area contributed by atoms with Crippen molar-refractivity contribution in [2.75, 3.05) is 0 Å². The van der Waals surface area contributed by atoms with Gasteiger partial charge in [0.15, 0.2) is 0 Å². The van der Waals surface area contributed by atoms with Crippen LogP contribution in [0, 0.1) is 5.82 Å². The Morgan fingerprint density at radius 2 is 1.94 bits per heavy atom. The molecule has 0 aliphatic carbocycles. The molecule has 0 saturated heterocycles. The Hall–Kier alpha value is -1.63. The second-order valence-electron chi connectivity index (χ2n) is 3.48. The van der Waals surface area contributed by atoms with E-state index < -0.39 is 41.5 Å². The van der Waals surface area contributed by atoms with Crippen LogP contribution in [0.4, 0.5) is 17.6 Å². The fourth-order valence-electron chi connectivity index (χ4n) is 1.48. The minimum atomic E-state index is -4.73. The van der Waals surface area contributed by atoms with Gasteiger partial charge in [-0.2, -0.15) is 13.2 Å². The molecule has 7 heteroatoms. The fourth-order valence-corrected chi connectivity index (χ4v) is 1.48. The van der Waals surface area contributed by atoms with Gasteiger partial charge in [-0.15, -0.1) is 0 Å². The first-order chi connectivity index (χ1) is 7.73. The number of carbonyl (C=O) groups is 1. The Morgan fingerprint density at radius 3 is 2.41 bits per heavy atom. The Kier molecular flexibility index (Phi) is 3.72. The van der Waals surface area contributed by atoms with Gasteiger partial charge in [0, 0.05) is 18.0 Å². The Bertz CT molecular complexity index is 431. The molecule has 0 aliphatic heterocycles. The molecule has 0 fully saturated rings. The highest BCUT2D eigenvalue weighted by Crippen LogP contribution is 2.35. The molecule has 1 aromatic rings. The van der Waals surface area contributed by atoms with E-state index in [9.17, 15) is 22.4 Å². The second-order valence-corrected chi connectivity index (χ2v) is 3.48. The van der Waals surface area contributed by atoms with Crippen LogP contribution in [0.3, 0.4) is 0 Å². The second kappa shape index (κ2) is 4.70. The summed E-state index contributed by atoms with van der Waals surface area (Å²) in [5.74, 6) is -2.00. The summed E-state index contributed by atoms with van der Waals surface area (Å²) in [6.07, 6.45) is -5.28. The van der Waals surface area contributed by atoms with E-state index >= 15 is 0 Å². The molecule has 0 spiro atoms. The molecular weight excluding hydrogens is 240 g/mol. The first kappa shape index (κ1) is 13.4. The van der Waals surface area contributed by atoms with E-state index in [1.807, 2.05) is 0 Å². The predicted octanol–water partition coefficient (Wildman–Crippen LogP) is 1.72. The van der Waals surface area contributed by atoms with Gasteiger partial charge in [-0.05, 0) is 12.1 Å². The highest BCUT2D eigenvalue weighted by atomic mass is 19.4. The molecule has 1 atom stereocenters. The van der Waals surface area contributed by atoms with Gasteiger partial charge in [-0.1, -0.05) is 6.07 Å². The lowest BCUT2D eigenvalue weighted by atomic mass is 9.97. The maximum atomic E-state index is 13.3. The smallest absolute Gasteiger partial charge is 0.370 e.